The molecule has 0 aliphatic carbocycles. The molecule has 1 unspecified atom stereocenters. The van der Waals surface area contributed by atoms with Crippen molar-refractivity contribution < 1.29 is 52.7 Å². The van der Waals surface area contributed by atoms with Gasteiger partial charge in [-0.25, -0.2) is 0 Å². The Morgan fingerprint density at radius 1 is 0.839 bits per heavy atom. The number of halogens is 13. The van der Waals surface area contributed by atoms with Crippen LogP contribution < -0.4 is 3.58 Å². The predicted octanol–water partition coefficient (Wildman–Crippen LogP) is 7.67. The maximum absolute atomic E-state index is 13.8. The van der Waals surface area contributed by atoms with Crippen LogP contribution in [-0.4, -0.2) is 46.2 Å². The molecule has 0 spiro atoms. The van der Waals surface area contributed by atoms with Crippen LogP contribution >= 0.6 is 22.6 Å². The Hall–Kier alpha value is -0.0913. The second-order valence-electron chi connectivity index (χ2n) is 7.65. The molecule has 1 rings (SSSR count). The molecule has 0 aliphatic rings. The summed E-state index contributed by atoms with van der Waals surface area (Å²) < 4.78 is 154. The van der Waals surface area contributed by atoms with Gasteiger partial charge >= 0.3 is 188 Å². The van der Waals surface area contributed by atoms with Crippen LogP contribution in [0.15, 0.2) is 24.3 Å². The molecule has 0 aromatic heterocycles. The summed E-state index contributed by atoms with van der Waals surface area (Å²) in [6, 6.07) is 4.37. The molecular weight excluding hydrogens is 678 g/mol. The average Bonchev–Trinajstić information content (AvgIpc) is 2.58. The van der Waals surface area contributed by atoms with E-state index in [1.165, 1.54) is 34.7 Å². The zero-order valence-electron chi connectivity index (χ0n) is 15.9. The van der Waals surface area contributed by atoms with Crippen molar-refractivity contribution in [2.45, 2.75) is 61.2 Å². The van der Waals surface area contributed by atoms with Crippen molar-refractivity contribution in [1.29, 1.82) is 0 Å². The zero-order chi connectivity index (χ0) is 24.7. The van der Waals surface area contributed by atoms with Gasteiger partial charge in [0.1, 0.15) is 0 Å². The molecule has 180 valence electrons. The average molecular weight is 695 g/mol. The van der Waals surface area contributed by atoms with Gasteiger partial charge in [0, 0.05) is 0 Å². The van der Waals surface area contributed by atoms with E-state index in [9.17, 15) is 52.7 Å². The second kappa shape index (κ2) is 9.28. The normalized spacial score (nSPS) is 15.8. The SMILES string of the molecule is [CH3][Sn]([CH3])([CH2]CC(I)CC(F)(F)C(F)(F)C(F)(F)C(F)(F)F)[c]1cccc(C(F)(F)F)c1. The van der Waals surface area contributed by atoms with Crippen molar-refractivity contribution in [2.24, 2.45) is 0 Å². The minimum atomic E-state index is -6.93. The topological polar surface area (TPSA) is 0 Å². The summed E-state index contributed by atoms with van der Waals surface area (Å²) >= 11 is -2.30. The molecule has 0 heterocycles. The van der Waals surface area contributed by atoms with Crippen LogP contribution in [0.5, 0.6) is 0 Å². The fourth-order valence-corrected chi connectivity index (χ4v) is 12.2. The molecule has 1 aromatic rings. The van der Waals surface area contributed by atoms with E-state index >= 15 is 0 Å². The molecule has 0 nitrogen and oxygen atoms in total. The van der Waals surface area contributed by atoms with Crippen LogP contribution in [0.1, 0.15) is 18.4 Å². The molecule has 0 fully saturated rings. The van der Waals surface area contributed by atoms with Crippen molar-refractivity contribution >= 4 is 44.5 Å². The molecule has 0 saturated carbocycles. The molecule has 31 heavy (non-hydrogen) atoms. The Morgan fingerprint density at radius 2 is 1.35 bits per heavy atom. The fourth-order valence-electron chi connectivity index (χ4n) is 2.69. The summed E-state index contributed by atoms with van der Waals surface area (Å²) in [4.78, 5) is 3.33. The quantitative estimate of drug-likeness (QED) is 0.113. The summed E-state index contributed by atoms with van der Waals surface area (Å²) in [6.07, 6.45) is -13.7. The molecule has 0 saturated heterocycles. The van der Waals surface area contributed by atoms with Gasteiger partial charge in [0.2, 0.25) is 0 Å². The maximum atomic E-state index is 13.8. The number of alkyl halides is 13. The van der Waals surface area contributed by atoms with E-state index in [0.717, 1.165) is 12.1 Å². The monoisotopic (exact) mass is 696 g/mol. The van der Waals surface area contributed by atoms with Crippen LogP contribution in [0.3, 0.4) is 0 Å². The Morgan fingerprint density at radius 3 is 1.81 bits per heavy atom. The van der Waals surface area contributed by atoms with Gasteiger partial charge < -0.3 is 0 Å². The van der Waals surface area contributed by atoms with Crippen molar-refractivity contribution in [3.8, 4) is 0 Å². The summed E-state index contributed by atoms with van der Waals surface area (Å²) in [5.74, 6) is -19.3. The summed E-state index contributed by atoms with van der Waals surface area (Å²) in [5, 5.41) is 0. The fraction of sp³-hybridized carbons (Fsp3) is 0.647. The Bertz CT molecular complexity index is 754. The molecular formula is C17H17F12ISn. The third kappa shape index (κ3) is 6.49. The minimum absolute atomic E-state index is 0.0842. The third-order valence-corrected chi connectivity index (χ3v) is 15.5. The van der Waals surface area contributed by atoms with Crippen LogP contribution in [0.2, 0.25) is 14.3 Å². The first-order valence-electron chi connectivity index (χ1n) is 8.58. The molecule has 0 amide bonds. The van der Waals surface area contributed by atoms with Gasteiger partial charge in [-0.1, -0.05) is 0 Å². The number of rotatable bonds is 8. The van der Waals surface area contributed by atoms with Gasteiger partial charge in [0.05, 0.1) is 0 Å². The van der Waals surface area contributed by atoms with Crippen LogP contribution in [0.4, 0.5) is 52.7 Å². The van der Waals surface area contributed by atoms with Crippen molar-refractivity contribution in [2.75, 3.05) is 0 Å². The molecule has 0 aliphatic heterocycles. The van der Waals surface area contributed by atoms with Gasteiger partial charge in [0.15, 0.2) is 0 Å². The number of benzene rings is 1. The first-order valence-corrected chi connectivity index (χ1v) is 19.0. The molecule has 0 N–H and O–H groups in total. The zero-order valence-corrected chi connectivity index (χ0v) is 20.9. The van der Waals surface area contributed by atoms with Crippen LogP contribution in [-0.2, 0) is 6.18 Å². The van der Waals surface area contributed by atoms with Gasteiger partial charge in [0.25, 0.3) is 0 Å². The molecule has 1 atom stereocenters. The van der Waals surface area contributed by atoms with E-state index in [2.05, 4.69) is 0 Å². The van der Waals surface area contributed by atoms with Crippen LogP contribution in [0, 0.1) is 0 Å². The third-order valence-electron chi connectivity index (χ3n) is 4.74. The van der Waals surface area contributed by atoms with E-state index in [1.807, 2.05) is 0 Å². The summed E-state index contributed by atoms with van der Waals surface area (Å²) in [6.45, 7) is 0. The Balaban J connectivity index is 2.94. The summed E-state index contributed by atoms with van der Waals surface area (Å²) in [7, 11) is 0. The van der Waals surface area contributed by atoms with Gasteiger partial charge in [-0.2, -0.15) is 0 Å². The number of hydrogen-bond acceptors (Lipinski definition) is 0. The number of hydrogen-bond donors (Lipinski definition) is 0. The molecule has 1 aromatic carbocycles. The van der Waals surface area contributed by atoms with Gasteiger partial charge in [-0.05, 0) is 0 Å². The molecule has 14 heteroatoms. The van der Waals surface area contributed by atoms with E-state index < -0.39 is 64.4 Å². The second-order valence-corrected chi connectivity index (χ2v) is 23.2. The first-order chi connectivity index (χ1) is 13.6. The van der Waals surface area contributed by atoms with E-state index in [1.54, 1.807) is 9.88 Å². The van der Waals surface area contributed by atoms with E-state index in [-0.39, 0.29) is 10.9 Å². The Labute approximate surface area is 187 Å². The van der Waals surface area contributed by atoms with Crippen molar-refractivity contribution in [1.82, 2.24) is 0 Å². The standard InChI is InChI=1S/C8H7F9I.C7H4F3.2CH3.Sn/c1-2-4(18)3-5(9,10)6(11,12)7(13,14)8(15,16)17;8-7(9,10)6-4-2-1-3-5-6;;;/h4H,1-3H2;1-2,4-5H;2*1H3;. The molecule has 0 bridgehead atoms. The van der Waals surface area contributed by atoms with E-state index in [4.69, 9.17) is 0 Å². The van der Waals surface area contributed by atoms with Crippen molar-refractivity contribution in [3.05, 3.63) is 29.8 Å². The summed E-state index contributed by atoms with van der Waals surface area (Å²) in [5.41, 5.74) is -0.915. The predicted molar refractivity (Wildman–Crippen MR) is 101 cm³/mol. The van der Waals surface area contributed by atoms with Gasteiger partial charge in [-0.3, -0.25) is 0 Å². The Kier molecular flexibility index (Phi) is 8.66. The van der Waals surface area contributed by atoms with Crippen LogP contribution in [0.25, 0.3) is 0 Å². The molecule has 0 radical (unpaired) electrons. The van der Waals surface area contributed by atoms with E-state index in [0.29, 0.717) is 3.58 Å². The van der Waals surface area contributed by atoms with Crippen molar-refractivity contribution in [3.63, 3.8) is 0 Å². The van der Waals surface area contributed by atoms with Gasteiger partial charge in [-0.15, -0.1) is 0 Å². The first kappa shape index (κ1) is 28.9.